The Morgan fingerprint density at radius 1 is 0.633 bits per heavy atom. The molecule has 0 atom stereocenters. The molecule has 0 amide bonds. The first-order valence-electron chi connectivity index (χ1n) is 12.3. The maximum Gasteiger partial charge on any atom is 0.155 e. The molecular formula is C27H44O3. The third-order valence-electron chi connectivity index (χ3n) is 5.69. The SMILES string of the molecule is O=C(C=Cc1ccc(O)cc1)CCCCCCCCCCCCCCCCCCO. The van der Waals surface area contributed by atoms with Gasteiger partial charge in [-0.2, -0.15) is 0 Å². The van der Waals surface area contributed by atoms with E-state index in [9.17, 15) is 9.90 Å². The van der Waals surface area contributed by atoms with Crippen molar-refractivity contribution in [1.82, 2.24) is 0 Å². The van der Waals surface area contributed by atoms with Crippen LogP contribution in [0.25, 0.3) is 6.08 Å². The number of ketones is 1. The molecule has 0 unspecified atom stereocenters. The van der Waals surface area contributed by atoms with Crippen molar-refractivity contribution in [2.45, 2.75) is 109 Å². The van der Waals surface area contributed by atoms with E-state index < -0.39 is 0 Å². The molecule has 170 valence electrons. The van der Waals surface area contributed by atoms with Gasteiger partial charge < -0.3 is 10.2 Å². The predicted octanol–water partition coefficient (Wildman–Crippen LogP) is 7.60. The normalized spacial score (nSPS) is 11.4. The lowest BCUT2D eigenvalue weighted by Gasteiger charge is -2.03. The summed E-state index contributed by atoms with van der Waals surface area (Å²) in [5.74, 6) is 0.434. The molecular weight excluding hydrogens is 372 g/mol. The fraction of sp³-hybridized carbons (Fsp3) is 0.667. The first-order chi connectivity index (χ1) is 14.7. The molecule has 0 aliphatic carbocycles. The van der Waals surface area contributed by atoms with Crippen LogP contribution in [0.1, 0.15) is 115 Å². The molecule has 0 spiro atoms. The van der Waals surface area contributed by atoms with Gasteiger partial charge in [0.1, 0.15) is 5.75 Å². The van der Waals surface area contributed by atoms with Gasteiger partial charge in [-0.25, -0.2) is 0 Å². The zero-order valence-electron chi connectivity index (χ0n) is 19.0. The summed E-state index contributed by atoms with van der Waals surface area (Å²) < 4.78 is 0. The van der Waals surface area contributed by atoms with Gasteiger partial charge >= 0.3 is 0 Å². The van der Waals surface area contributed by atoms with Crippen LogP contribution in [-0.2, 0) is 4.79 Å². The van der Waals surface area contributed by atoms with Crippen molar-refractivity contribution in [3.63, 3.8) is 0 Å². The monoisotopic (exact) mass is 416 g/mol. The second kappa shape index (κ2) is 19.4. The molecule has 1 aromatic rings. The molecule has 0 aromatic heterocycles. The maximum atomic E-state index is 11.9. The zero-order chi connectivity index (χ0) is 21.7. The molecule has 0 fully saturated rings. The number of aliphatic hydroxyl groups excluding tert-OH is 1. The number of phenolic OH excluding ortho intramolecular Hbond substituents is 1. The Morgan fingerprint density at radius 3 is 1.47 bits per heavy atom. The van der Waals surface area contributed by atoms with Crippen LogP contribution in [0.4, 0.5) is 0 Å². The molecule has 0 saturated carbocycles. The third kappa shape index (κ3) is 16.2. The number of allylic oxidation sites excluding steroid dienone is 1. The van der Waals surface area contributed by atoms with Crippen molar-refractivity contribution in [3.8, 4) is 5.75 Å². The summed E-state index contributed by atoms with van der Waals surface area (Å²) in [6, 6.07) is 6.88. The highest BCUT2D eigenvalue weighted by Crippen LogP contribution is 2.14. The first-order valence-corrected chi connectivity index (χ1v) is 12.3. The molecule has 0 aliphatic rings. The number of phenols is 1. The van der Waals surface area contributed by atoms with E-state index in [1.165, 1.54) is 83.5 Å². The fourth-order valence-corrected chi connectivity index (χ4v) is 3.74. The molecule has 0 bridgehead atoms. The standard InChI is InChI=1S/C27H44O3/c28-24-16-14-12-10-8-6-4-2-1-3-5-7-9-11-13-15-17-26(29)21-18-25-19-22-27(30)23-20-25/h18-23,28,30H,1-17,24H2. The summed E-state index contributed by atoms with van der Waals surface area (Å²) in [7, 11) is 0. The van der Waals surface area contributed by atoms with Gasteiger partial charge in [0, 0.05) is 13.0 Å². The largest absolute Gasteiger partial charge is 0.508 e. The van der Waals surface area contributed by atoms with Gasteiger partial charge in [0.15, 0.2) is 5.78 Å². The van der Waals surface area contributed by atoms with E-state index in [4.69, 9.17) is 5.11 Å². The molecule has 1 rings (SSSR count). The Hall–Kier alpha value is -1.61. The Labute approximate surface area is 184 Å². The number of unbranched alkanes of at least 4 members (excludes halogenated alkanes) is 15. The van der Waals surface area contributed by atoms with Crippen molar-refractivity contribution in [1.29, 1.82) is 0 Å². The van der Waals surface area contributed by atoms with Gasteiger partial charge in [0.2, 0.25) is 0 Å². The van der Waals surface area contributed by atoms with Crippen LogP contribution in [0.3, 0.4) is 0 Å². The van der Waals surface area contributed by atoms with Crippen LogP contribution in [0.5, 0.6) is 5.75 Å². The summed E-state index contributed by atoms with van der Waals surface area (Å²) in [5, 5.41) is 18.0. The quantitative estimate of drug-likeness (QED) is 0.170. The lowest BCUT2D eigenvalue weighted by Crippen LogP contribution is -1.92. The molecule has 2 N–H and O–H groups in total. The van der Waals surface area contributed by atoms with Crippen molar-refractivity contribution >= 4 is 11.9 Å². The minimum atomic E-state index is 0.188. The number of carbonyl (C=O) groups excluding carboxylic acids is 1. The summed E-state index contributed by atoms with van der Waals surface area (Å²) in [6.45, 7) is 0.348. The van der Waals surface area contributed by atoms with Crippen molar-refractivity contribution in [2.24, 2.45) is 0 Å². The van der Waals surface area contributed by atoms with Crippen molar-refractivity contribution < 1.29 is 15.0 Å². The van der Waals surface area contributed by atoms with E-state index in [-0.39, 0.29) is 11.5 Å². The summed E-state index contributed by atoms with van der Waals surface area (Å²) in [4.78, 5) is 11.9. The van der Waals surface area contributed by atoms with Crippen LogP contribution in [0, 0.1) is 0 Å². The van der Waals surface area contributed by atoms with Crippen LogP contribution in [-0.4, -0.2) is 22.6 Å². The molecule has 1 aromatic carbocycles. The van der Waals surface area contributed by atoms with Crippen molar-refractivity contribution in [3.05, 3.63) is 35.9 Å². The highest BCUT2D eigenvalue weighted by Gasteiger charge is 1.98. The number of benzene rings is 1. The van der Waals surface area contributed by atoms with Gasteiger partial charge in [-0.15, -0.1) is 0 Å². The predicted molar refractivity (Wildman–Crippen MR) is 128 cm³/mol. The number of aliphatic hydroxyl groups is 1. The number of hydrogen-bond acceptors (Lipinski definition) is 3. The Balaban J connectivity index is 1.81. The minimum Gasteiger partial charge on any atom is -0.508 e. The first kappa shape index (κ1) is 26.4. The molecule has 0 aliphatic heterocycles. The highest BCUT2D eigenvalue weighted by molar-refractivity contribution is 5.93. The van der Waals surface area contributed by atoms with E-state index in [2.05, 4.69) is 0 Å². The molecule has 0 heterocycles. The summed E-state index contributed by atoms with van der Waals surface area (Å²) in [6.07, 6.45) is 24.5. The average molecular weight is 417 g/mol. The zero-order valence-corrected chi connectivity index (χ0v) is 19.0. The number of aromatic hydroxyl groups is 1. The summed E-state index contributed by atoms with van der Waals surface area (Å²) in [5.41, 5.74) is 0.940. The molecule has 3 nitrogen and oxygen atoms in total. The van der Waals surface area contributed by atoms with Crippen molar-refractivity contribution in [2.75, 3.05) is 6.61 Å². The Bertz CT molecular complexity index is 548. The Kier molecular flexibility index (Phi) is 17.1. The summed E-state index contributed by atoms with van der Waals surface area (Å²) >= 11 is 0. The highest BCUT2D eigenvalue weighted by atomic mass is 16.3. The molecule has 0 radical (unpaired) electrons. The third-order valence-corrected chi connectivity index (χ3v) is 5.69. The van der Waals surface area contributed by atoms with E-state index in [1.807, 2.05) is 18.2 Å². The number of rotatable bonds is 20. The minimum absolute atomic E-state index is 0.188. The molecule has 30 heavy (non-hydrogen) atoms. The van der Waals surface area contributed by atoms with Crippen LogP contribution < -0.4 is 0 Å². The second-order valence-electron chi connectivity index (χ2n) is 8.52. The lowest BCUT2D eigenvalue weighted by atomic mass is 10.0. The lowest BCUT2D eigenvalue weighted by molar-refractivity contribution is -0.114. The van der Waals surface area contributed by atoms with Gasteiger partial charge in [-0.05, 0) is 36.6 Å². The van der Waals surface area contributed by atoms with Gasteiger partial charge in [-0.1, -0.05) is 108 Å². The molecule has 0 saturated heterocycles. The Morgan fingerprint density at radius 2 is 1.03 bits per heavy atom. The fourth-order valence-electron chi connectivity index (χ4n) is 3.74. The number of carbonyl (C=O) groups is 1. The van der Waals surface area contributed by atoms with Crippen LogP contribution in [0.2, 0.25) is 0 Å². The van der Waals surface area contributed by atoms with E-state index in [0.717, 1.165) is 24.8 Å². The molecule has 3 heteroatoms. The second-order valence-corrected chi connectivity index (χ2v) is 8.52. The smallest absolute Gasteiger partial charge is 0.155 e. The van der Waals surface area contributed by atoms with Gasteiger partial charge in [-0.3, -0.25) is 4.79 Å². The van der Waals surface area contributed by atoms with E-state index >= 15 is 0 Å². The van der Waals surface area contributed by atoms with Crippen LogP contribution >= 0.6 is 0 Å². The maximum absolute atomic E-state index is 11.9. The van der Waals surface area contributed by atoms with Crippen LogP contribution in [0.15, 0.2) is 30.3 Å². The number of hydrogen-bond donors (Lipinski definition) is 2. The van der Waals surface area contributed by atoms with Gasteiger partial charge in [0.25, 0.3) is 0 Å². The average Bonchev–Trinajstić information content (AvgIpc) is 2.75. The van der Waals surface area contributed by atoms with Gasteiger partial charge in [0.05, 0.1) is 0 Å². The topological polar surface area (TPSA) is 57.5 Å². The van der Waals surface area contributed by atoms with E-state index in [0.29, 0.717) is 13.0 Å². The van der Waals surface area contributed by atoms with E-state index in [1.54, 1.807) is 18.2 Å².